The van der Waals surface area contributed by atoms with Gasteiger partial charge in [-0.2, -0.15) is 13.7 Å². The van der Waals surface area contributed by atoms with Crippen molar-refractivity contribution in [2.45, 2.75) is 4.90 Å². The minimum Gasteiger partial charge on any atom is -0.423 e. The highest BCUT2D eigenvalue weighted by atomic mass is 35.5. The molecule has 0 aliphatic carbocycles. The molecular weight excluding hydrogens is 354 g/mol. The number of benzene rings is 2. The van der Waals surface area contributed by atoms with Crippen LogP contribution in [-0.4, -0.2) is 8.42 Å². The third-order valence-corrected chi connectivity index (χ3v) is 4.67. The molecule has 0 saturated carbocycles. The van der Waals surface area contributed by atoms with Crippen molar-refractivity contribution < 1.29 is 17.0 Å². The second-order valence-electron chi connectivity index (χ2n) is 4.75. The number of halogens is 1. The van der Waals surface area contributed by atoms with E-state index < -0.39 is 15.7 Å². The number of nitriles is 1. The maximum atomic E-state index is 12.4. The van der Waals surface area contributed by atoms with Gasteiger partial charge in [0.05, 0.1) is 16.7 Å². The summed E-state index contributed by atoms with van der Waals surface area (Å²) >= 11 is 5.92. The van der Waals surface area contributed by atoms with Gasteiger partial charge in [-0.15, -0.1) is 0 Å². The molecule has 0 saturated heterocycles. The Balaban J connectivity index is 2.00. The van der Waals surface area contributed by atoms with E-state index in [1.165, 1.54) is 48.5 Å². The van der Waals surface area contributed by atoms with Crippen molar-refractivity contribution >= 4 is 32.7 Å². The average molecular weight is 362 g/mol. The molecule has 3 aromatic rings. The van der Waals surface area contributed by atoms with E-state index in [9.17, 15) is 13.2 Å². The van der Waals surface area contributed by atoms with Gasteiger partial charge in [0.1, 0.15) is 10.5 Å². The first-order valence-corrected chi connectivity index (χ1v) is 8.36. The molecule has 1 aromatic heterocycles. The lowest BCUT2D eigenvalue weighted by atomic mass is 10.2. The molecular formula is C16H8ClNO5S. The summed E-state index contributed by atoms with van der Waals surface area (Å²) in [4.78, 5) is 11.0. The monoisotopic (exact) mass is 361 g/mol. The van der Waals surface area contributed by atoms with Gasteiger partial charge in [-0.25, -0.2) is 4.79 Å². The molecule has 0 aliphatic rings. The number of rotatable bonds is 3. The van der Waals surface area contributed by atoms with Crippen molar-refractivity contribution in [3.63, 3.8) is 0 Å². The zero-order valence-electron chi connectivity index (χ0n) is 11.9. The van der Waals surface area contributed by atoms with Gasteiger partial charge >= 0.3 is 15.7 Å². The van der Waals surface area contributed by atoms with Crippen LogP contribution in [0, 0.1) is 11.3 Å². The number of fused-ring (bicyclic) bond motifs is 1. The molecule has 24 heavy (non-hydrogen) atoms. The van der Waals surface area contributed by atoms with Crippen LogP contribution in [0.4, 0.5) is 0 Å². The Labute approximate surface area is 141 Å². The highest BCUT2D eigenvalue weighted by molar-refractivity contribution is 7.87. The molecule has 0 bridgehead atoms. The molecule has 0 amide bonds. The molecule has 0 fully saturated rings. The van der Waals surface area contributed by atoms with Gasteiger partial charge in [-0.3, -0.25) is 0 Å². The van der Waals surface area contributed by atoms with E-state index in [1.54, 1.807) is 0 Å². The summed E-state index contributed by atoms with van der Waals surface area (Å²) in [5, 5.41) is 9.22. The molecule has 2 aromatic carbocycles. The smallest absolute Gasteiger partial charge is 0.339 e. The molecule has 120 valence electrons. The number of hydrogen-bond acceptors (Lipinski definition) is 6. The standard InChI is InChI=1S/C16H8ClNO5S/c17-13-7-10(9-18)1-4-15(13)23-24(20,21)12-3-5-14-11(8-12)2-6-16(19)22-14/h1-8H. The minimum atomic E-state index is -4.14. The summed E-state index contributed by atoms with van der Waals surface area (Å²) in [6.45, 7) is 0. The molecule has 0 spiro atoms. The van der Waals surface area contributed by atoms with Crippen LogP contribution >= 0.6 is 11.6 Å². The van der Waals surface area contributed by atoms with Crippen LogP contribution in [0.15, 0.2) is 62.6 Å². The van der Waals surface area contributed by atoms with Gasteiger partial charge < -0.3 is 8.60 Å². The third kappa shape index (κ3) is 3.11. The Morgan fingerprint density at radius 2 is 1.88 bits per heavy atom. The van der Waals surface area contributed by atoms with E-state index in [4.69, 9.17) is 25.5 Å². The van der Waals surface area contributed by atoms with Gasteiger partial charge in [0.25, 0.3) is 0 Å². The zero-order chi connectivity index (χ0) is 17.3. The fourth-order valence-electron chi connectivity index (χ4n) is 2.01. The lowest BCUT2D eigenvalue weighted by Crippen LogP contribution is -2.10. The zero-order valence-corrected chi connectivity index (χ0v) is 13.5. The van der Waals surface area contributed by atoms with Gasteiger partial charge in [0.15, 0.2) is 5.75 Å². The largest absolute Gasteiger partial charge is 0.423 e. The summed E-state index contributed by atoms with van der Waals surface area (Å²) < 4.78 is 34.7. The van der Waals surface area contributed by atoms with E-state index in [0.717, 1.165) is 0 Å². The Morgan fingerprint density at radius 1 is 1.08 bits per heavy atom. The fourth-order valence-corrected chi connectivity index (χ4v) is 3.26. The third-order valence-electron chi connectivity index (χ3n) is 3.14. The van der Waals surface area contributed by atoms with Crippen molar-refractivity contribution in [2.75, 3.05) is 0 Å². The second-order valence-corrected chi connectivity index (χ2v) is 6.70. The minimum absolute atomic E-state index is 0.00408. The molecule has 0 aliphatic heterocycles. The summed E-state index contributed by atoms with van der Waals surface area (Å²) in [5.41, 5.74) is 0.0158. The highest BCUT2D eigenvalue weighted by Gasteiger charge is 2.19. The summed E-state index contributed by atoms with van der Waals surface area (Å²) in [6.07, 6.45) is 0. The van der Waals surface area contributed by atoms with E-state index in [2.05, 4.69) is 0 Å². The number of nitrogens with zero attached hydrogens (tertiary/aromatic N) is 1. The highest BCUT2D eigenvalue weighted by Crippen LogP contribution is 2.29. The van der Waals surface area contributed by atoms with Crippen molar-refractivity contribution in [3.8, 4) is 11.8 Å². The van der Waals surface area contributed by atoms with Crippen LogP contribution in [0.25, 0.3) is 11.0 Å². The van der Waals surface area contributed by atoms with Gasteiger partial charge in [-0.1, -0.05) is 11.6 Å². The SMILES string of the molecule is N#Cc1ccc(OS(=O)(=O)c2ccc3oc(=O)ccc3c2)c(Cl)c1. The molecule has 0 radical (unpaired) electrons. The topological polar surface area (TPSA) is 97.4 Å². The normalized spacial score (nSPS) is 11.2. The first-order valence-electron chi connectivity index (χ1n) is 6.57. The van der Waals surface area contributed by atoms with E-state index in [1.807, 2.05) is 6.07 Å². The molecule has 8 heteroatoms. The lowest BCUT2D eigenvalue weighted by molar-refractivity contribution is 0.486. The lowest BCUT2D eigenvalue weighted by Gasteiger charge is -2.09. The van der Waals surface area contributed by atoms with Crippen molar-refractivity contribution in [3.05, 3.63) is 69.5 Å². The molecule has 6 nitrogen and oxygen atoms in total. The molecule has 1 heterocycles. The van der Waals surface area contributed by atoms with Crippen LogP contribution in [0.1, 0.15) is 5.56 Å². The van der Waals surface area contributed by atoms with Crippen LogP contribution < -0.4 is 9.81 Å². The van der Waals surface area contributed by atoms with E-state index >= 15 is 0 Å². The molecule has 0 unspecified atom stereocenters. The predicted octanol–water partition coefficient (Wildman–Crippen LogP) is 3.09. The first kappa shape index (κ1) is 16.1. The van der Waals surface area contributed by atoms with Crippen molar-refractivity contribution in [1.82, 2.24) is 0 Å². The Bertz CT molecular complexity index is 1150. The van der Waals surface area contributed by atoms with Crippen molar-refractivity contribution in [2.24, 2.45) is 0 Å². The van der Waals surface area contributed by atoms with E-state index in [-0.39, 0.29) is 26.8 Å². The summed E-state index contributed by atoms with van der Waals surface area (Å²) in [6, 6.07) is 12.5. The average Bonchev–Trinajstić information content (AvgIpc) is 2.56. The first-order chi connectivity index (χ1) is 11.4. The van der Waals surface area contributed by atoms with E-state index in [0.29, 0.717) is 5.39 Å². The molecule has 3 rings (SSSR count). The van der Waals surface area contributed by atoms with Crippen molar-refractivity contribution in [1.29, 1.82) is 5.26 Å². The maximum absolute atomic E-state index is 12.4. The Kier molecular flexibility index (Phi) is 4.01. The van der Waals surface area contributed by atoms with Gasteiger partial charge in [0, 0.05) is 11.5 Å². The number of hydrogen-bond donors (Lipinski definition) is 0. The predicted molar refractivity (Wildman–Crippen MR) is 86.5 cm³/mol. The van der Waals surface area contributed by atoms with Crippen LogP contribution in [0.3, 0.4) is 0 Å². The van der Waals surface area contributed by atoms with Gasteiger partial charge in [-0.05, 0) is 42.5 Å². The Hall–Kier alpha value is -2.82. The summed E-state index contributed by atoms with van der Waals surface area (Å²) in [7, 11) is -4.14. The molecule has 0 N–H and O–H groups in total. The van der Waals surface area contributed by atoms with Gasteiger partial charge in [0.2, 0.25) is 0 Å². The fraction of sp³-hybridized carbons (Fsp3) is 0. The quantitative estimate of drug-likeness (QED) is 0.525. The molecule has 0 atom stereocenters. The summed E-state index contributed by atoms with van der Waals surface area (Å²) in [5.74, 6) is -0.0876. The maximum Gasteiger partial charge on any atom is 0.339 e. The van der Waals surface area contributed by atoms with Crippen LogP contribution in [-0.2, 0) is 10.1 Å². The van der Waals surface area contributed by atoms with Crippen LogP contribution in [0.5, 0.6) is 5.75 Å². The van der Waals surface area contributed by atoms with Crippen LogP contribution in [0.2, 0.25) is 5.02 Å². The second kappa shape index (κ2) is 6.00. The Morgan fingerprint density at radius 3 is 2.58 bits per heavy atom.